The van der Waals surface area contributed by atoms with Crippen molar-refractivity contribution in [2.45, 2.75) is 70.4 Å². The molecule has 4 aromatic rings. The Morgan fingerprint density at radius 2 is 1.85 bits per heavy atom. The van der Waals surface area contributed by atoms with E-state index in [0.717, 1.165) is 71.4 Å². The summed E-state index contributed by atoms with van der Waals surface area (Å²) < 4.78 is 27.0. The lowest BCUT2D eigenvalue weighted by molar-refractivity contribution is 0.0313. The first-order chi connectivity index (χ1) is 18.6. The zero-order valence-electron chi connectivity index (χ0n) is 23.0. The van der Waals surface area contributed by atoms with E-state index in [1.807, 2.05) is 31.2 Å². The molecule has 1 saturated carbocycles. The lowest BCUT2D eigenvalue weighted by Gasteiger charge is -2.40. The van der Waals surface area contributed by atoms with E-state index >= 15 is 0 Å². The van der Waals surface area contributed by atoms with E-state index in [-0.39, 0.29) is 29.8 Å². The molecule has 0 unspecified atom stereocenters. The SMILES string of the molecule is Cc1ccc2c3c(ccc2n1)OC[C@H](CN(C[C@H]1CCc2[nH]c4ccc(F)cc4c2C1)C1CCCCC1)O3.Cl.O. The number of rotatable bonds is 5. The number of ether oxygens (including phenoxy) is 2. The maximum Gasteiger partial charge on any atom is 0.171 e. The predicted molar refractivity (Wildman–Crippen MR) is 159 cm³/mol. The summed E-state index contributed by atoms with van der Waals surface area (Å²) in [6.45, 7) is 4.50. The van der Waals surface area contributed by atoms with Gasteiger partial charge in [0.15, 0.2) is 11.5 Å². The Morgan fingerprint density at radius 1 is 1.00 bits per heavy atom. The van der Waals surface area contributed by atoms with Crippen LogP contribution in [0.25, 0.3) is 21.8 Å². The van der Waals surface area contributed by atoms with Crippen LogP contribution in [0, 0.1) is 18.7 Å². The number of aryl methyl sites for hydroxylation is 2. The molecule has 2 atom stereocenters. The average molecular weight is 568 g/mol. The van der Waals surface area contributed by atoms with Crippen molar-refractivity contribution in [3.63, 3.8) is 0 Å². The fourth-order valence-corrected chi connectivity index (χ4v) is 7.00. The fraction of sp³-hybridized carbons (Fsp3) is 0.469. The van der Waals surface area contributed by atoms with Crippen molar-refractivity contribution in [1.29, 1.82) is 0 Å². The minimum atomic E-state index is -0.155. The third kappa shape index (κ3) is 5.52. The molecular weight excluding hydrogens is 529 g/mol. The molecule has 1 fully saturated rings. The first-order valence-electron chi connectivity index (χ1n) is 14.3. The van der Waals surface area contributed by atoms with Crippen molar-refractivity contribution in [2.24, 2.45) is 5.92 Å². The van der Waals surface area contributed by atoms with E-state index in [9.17, 15) is 4.39 Å². The molecule has 0 bridgehead atoms. The number of fused-ring (bicyclic) bond motifs is 6. The Kier molecular flexibility index (Phi) is 8.55. The van der Waals surface area contributed by atoms with Crippen molar-refractivity contribution in [3.8, 4) is 11.5 Å². The average Bonchev–Trinajstić information content (AvgIpc) is 3.30. The number of aromatic amines is 1. The highest BCUT2D eigenvalue weighted by Gasteiger charge is 2.32. The molecule has 3 heterocycles. The highest BCUT2D eigenvalue weighted by molar-refractivity contribution is 5.88. The summed E-state index contributed by atoms with van der Waals surface area (Å²) in [6.07, 6.45) is 9.64. The van der Waals surface area contributed by atoms with Crippen LogP contribution in [0.5, 0.6) is 11.5 Å². The molecular formula is C32H39ClFN3O3. The predicted octanol–water partition coefficient (Wildman–Crippen LogP) is 6.34. The highest BCUT2D eigenvalue weighted by atomic mass is 35.5. The highest BCUT2D eigenvalue weighted by Crippen LogP contribution is 2.39. The van der Waals surface area contributed by atoms with Crippen LogP contribution in [0.3, 0.4) is 0 Å². The molecule has 3 N–H and O–H groups in total. The number of halogens is 2. The Balaban J connectivity index is 0.00000161. The van der Waals surface area contributed by atoms with Gasteiger partial charge in [-0.05, 0) is 93.0 Å². The number of pyridine rings is 1. The summed E-state index contributed by atoms with van der Waals surface area (Å²) in [5.74, 6) is 2.04. The van der Waals surface area contributed by atoms with Crippen molar-refractivity contribution in [3.05, 3.63) is 65.2 Å². The van der Waals surface area contributed by atoms with Gasteiger partial charge in [-0.3, -0.25) is 9.88 Å². The topological polar surface area (TPSA) is 81.9 Å². The van der Waals surface area contributed by atoms with Gasteiger partial charge in [-0.2, -0.15) is 0 Å². The van der Waals surface area contributed by atoms with Gasteiger partial charge in [0.1, 0.15) is 18.5 Å². The van der Waals surface area contributed by atoms with E-state index in [2.05, 4.69) is 20.9 Å². The smallest absolute Gasteiger partial charge is 0.171 e. The normalized spacial score (nSPS) is 20.7. The molecule has 40 heavy (non-hydrogen) atoms. The van der Waals surface area contributed by atoms with Crippen LogP contribution in [-0.4, -0.2) is 52.2 Å². The van der Waals surface area contributed by atoms with Gasteiger partial charge in [0.2, 0.25) is 0 Å². The molecule has 2 aliphatic carbocycles. The van der Waals surface area contributed by atoms with E-state index in [4.69, 9.17) is 9.47 Å². The molecule has 214 valence electrons. The summed E-state index contributed by atoms with van der Waals surface area (Å²) in [5, 5.41) is 2.08. The van der Waals surface area contributed by atoms with Gasteiger partial charge in [-0.15, -0.1) is 12.4 Å². The Hall–Kier alpha value is -2.87. The Morgan fingerprint density at radius 3 is 2.70 bits per heavy atom. The third-order valence-electron chi connectivity index (χ3n) is 8.91. The van der Waals surface area contributed by atoms with E-state index in [1.54, 1.807) is 12.1 Å². The number of benzene rings is 2. The minimum Gasteiger partial charge on any atom is -0.486 e. The molecule has 8 heteroatoms. The molecule has 7 rings (SSSR count). The van der Waals surface area contributed by atoms with Gasteiger partial charge in [-0.1, -0.05) is 19.3 Å². The summed E-state index contributed by atoms with van der Waals surface area (Å²) in [6, 6.07) is 13.9. The monoisotopic (exact) mass is 567 g/mol. The standard InChI is InChI=1S/C32H36FN3O2.ClH.H2O/c1-20-7-10-25-28(34-20)13-14-31-32(25)38-24(19-37-31)18-36(23-5-3-2-4-6-23)17-21-8-11-29-26(15-21)27-16-22(33)9-12-30(27)35-29;;/h7,9-10,12-14,16,21,23-24,35H,2-6,8,11,15,17-19H2,1H3;1H;1H2/t21-,24-;;/m0../s1. The first-order valence-corrected chi connectivity index (χ1v) is 14.3. The van der Waals surface area contributed by atoms with Crippen LogP contribution in [0.4, 0.5) is 4.39 Å². The number of nitrogens with zero attached hydrogens (tertiary/aromatic N) is 2. The maximum atomic E-state index is 14.1. The quantitative estimate of drug-likeness (QED) is 0.305. The molecule has 6 nitrogen and oxygen atoms in total. The van der Waals surface area contributed by atoms with Gasteiger partial charge >= 0.3 is 0 Å². The zero-order valence-corrected chi connectivity index (χ0v) is 23.9. The second-order valence-electron chi connectivity index (χ2n) is 11.6. The van der Waals surface area contributed by atoms with Gasteiger partial charge in [-0.25, -0.2) is 4.39 Å². The van der Waals surface area contributed by atoms with E-state index < -0.39 is 0 Å². The van der Waals surface area contributed by atoms with Crippen molar-refractivity contribution < 1.29 is 19.3 Å². The number of hydrogen-bond acceptors (Lipinski definition) is 4. The zero-order chi connectivity index (χ0) is 25.6. The van der Waals surface area contributed by atoms with Crippen LogP contribution in [0.15, 0.2) is 42.5 Å². The van der Waals surface area contributed by atoms with Crippen LogP contribution in [-0.2, 0) is 12.8 Å². The first kappa shape index (κ1) is 28.7. The molecule has 0 saturated heterocycles. The van der Waals surface area contributed by atoms with Crippen LogP contribution < -0.4 is 9.47 Å². The molecule has 0 amide bonds. The summed E-state index contributed by atoms with van der Waals surface area (Å²) in [4.78, 5) is 10.9. The van der Waals surface area contributed by atoms with Gasteiger partial charge in [0, 0.05) is 46.8 Å². The molecule has 0 radical (unpaired) electrons. The third-order valence-corrected chi connectivity index (χ3v) is 8.91. The second kappa shape index (κ2) is 11.9. The minimum absolute atomic E-state index is 0. The lowest BCUT2D eigenvalue weighted by atomic mass is 9.85. The fourth-order valence-electron chi connectivity index (χ4n) is 7.00. The molecule has 2 aromatic heterocycles. The largest absolute Gasteiger partial charge is 0.486 e. The van der Waals surface area contributed by atoms with Crippen LogP contribution >= 0.6 is 12.4 Å². The van der Waals surface area contributed by atoms with Crippen molar-refractivity contribution in [1.82, 2.24) is 14.9 Å². The van der Waals surface area contributed by atoms with Crippen LogP contribution in [0.2, 0.25) is 0 Å². The molecule has 0 spiro atoms. The van der Waals surface area contributed by atoms with Gasteiger partial charge < -0.3 is 19.9 Å². The van der Waals surface area contributed by atoms with Gasteiger partial charge in [0.25, 0.3) is 0 Å². The van der Waals surface area contributed by atoms with E-state index in [0.29, 0.717) is 18.6 Å². The summed E-state index contributed by atoms with van der Waals surface area (Å²) in [7, 11) is 0. The van der Waals surface area contributed by atoms with Crippen molar-refractivity contribution >= 4 is 34.2 Å². The molecule has 1 aliphatic heterocycles. The number of H-pyrrole nitrogens is 1. The lowest BCUT2D eigenvalue weighted by Crippen LogP contribution is -2.48. The Bertz CT molecular complexity index is 1490. The van der Waals surface area contributed by atoms with Crippen LogP contribution in [0.1, 0.15) is 55.5 Å². The Labute approximate surface area is 241 Å². The number of aromatic nitrogens is 2. The van der Waals surface area contributed by atoms with E-state index in [1.165, 1.54) is 43.4 Å². The van der Waals surface area contributed by atoms with Gasteiger partial charge in [0.05, 0.1) is 5.52 Å². The summed E-state index contributed by atoms with van der Waals surface area (Å²) >= 11 is 0. The maximum absolute atomic E-state index is 14.1. The summed E-state index contributed by atoms with van der Waals surface area (Å²) in [5.41, 5.74) is 5.62. The number of hydrogen-bond donors (Lipinski definition) is 1. The molecule has 2 aromatic carbocycles. The molecule has 3 aliphatic rings. The van der Waals surface area contributed by atoms with Crippen molar-refractivity contribution in [2.75, 3.05) is 19.7 Å². The number of nitrogens with one attached hydrogen (secondary N) is 1. The second-order valence-corrected chi connectivity index (χ2v) is 11.6.